The van der Waals surface area contributed by atoms with Crippen molar-refractivity contribution in [3.63, 3.8) is 0 Å². The Bertz CT molecular complexity index is 541. The Morgan fingerprint density at radius 3 is 2.65 bits per heavy atom. The largest absolute Gasteiger partial charge is 0.353 e. The average molecular weight is 317 g/mol. The highest BCUT2D eigenvalue weighted by atomic mass is 16.2. The lowest BCUT2D eigenvalue weighted by Crippen LogP contribution is -2.55. The van der Waals surface area contributed by atoms with Crippen molar-refractivity contribution in [2.45, 2.75) is 58.7 Å². The summed E-state index contributed by atoms with van der Waals surface area (Å²) >= 11 is 0. The van der Waals surface area contributed by atoms with Gasteiger partial charge in [-0.05, 0) is 37.3 Å². The topological polar surface area (TPSA) is 58.4 Å². The Balaban J connectivity index is 1.93. The maximum atomic E-state index is 12.2. The predicted molar refractivity (Wildman–Crippen MR) is 95.1 cm³/mol. The molecule has 0 saturated heterocycles. The van der Waals surface area contributed by atoms with Gasteiger partial charge in [-0.15, -0.1) is 0 Å². The minimum Gasteiger partial charge on any atom is -0.353 e. The summed E-state index contributed by atoms with van der Waals surface area (Å²) in [4.78, 5) is 14.7. The van der Waals surface area contributed by atoms with Gasteiger partial charge < -0.3 is 11.1 Å². The first kappa shape index (κ1) is 18.0. The van der Waals surface area contributed by atoms with Crippen molar-refractivity contribution in [2.24, 2.45) is 11.7 Å². The highest BCUT2D eigenvalue weighted by Gasteiger charge is 2.31. The molecule has 2 atom stereocenters. The molecule has 1 aromatic rings. The number of hydrogen-bond donors (Lipinski definition) is 2. The zero-order valence-electron chi connectivity index (χ0n) is 14.9. The van der Waals surface area contributed by atoms with Crippen LogP contribution in [-0.4, -0.2) is 35.5 Å². The maximum absolute atomic E-state index is 12.2. The van der Waals surface area contributed by atoms with Crippen molar-refractivity contribution in [3.05, 3.63) is 35.4 Å². The van der Waals surface area contributed by atoms with Gasteiger partial charge in [0.15, 0.2) is 0 Å². The quantitative estimate of drug-likeness (QED) is 0.846. The summed E-state index contributed by atoms with van der Waals surface area (Å²) in [5.41, 5.74) is 8.78. The standard InChI is InChI=1S/C19H31N3O/c1-5-14(2)17(20)18(23)21-13-19(3,4)22-11-10-15-8-6-7-9-16(15)12-22/h6-9,14,17H,5,10-13,20H2,1-4H3,(H,21,23). The second kappa shape index (κ2) is 7.45. The van der Waals surface area contributed by atoms with Gasteiger partial charge in [0.25, 0.3) is 0 Å². The molecule has 2 rings (SSSR count). The lowest BCUT2D eigenvalue weighted by Gasteiger charge is -2.42. The lowest BCUT2D eigenvalue weighted by atomic mass is 9.93. The van der Waals surface area contributed by atoms with E-state index in [2.05, 4.69) is 55.3 Å². The van der Waals surface area contributed by atoms with E-state index < -0.39 is 6.04 Å². The molecule has 1 aliphatic rings. The van der Waals surface area contributed by atoms with Crippen LogP contribution in [-0.2, 0) is 17.8 Å². The van der Waals surface area contributed by atoms with Crippen LogP contribution in [0.1, 0.15) is 45.2 Å². The van der Waals surface area contributed by atoms with Gasteiger partial charge in [-0.2, -0.15) is 0 Å². The van der Waals surface area contributed by atoms with E-state index in [1.54, 1.807) is 0 Å². The first-order chi connectivity index (χ1) is 10.8. The van der Waals surface area contributed by atoms with Crippen LogP contribution in [0, 0.1) is 5.92 Å². The van der Waals surface area contributed by atoms with Crippen LogP contribution in [0.2, 0.25) is 0 Å². The summed E-state index contributed by atoms with van der Waals surface area (Å²) < 4.78 is 0. The second-order valence-electron chi connectivity index (χ2n) is 7.38. The van der Waals surface area contributed by atoms with E-state index in [9.17, 15) is 4.79 Å². The van der Waals surface area contributed by atoms with Crippen molar-refractivity contribution in [3.8, 4) is 0 Å². The Morgan fingerprint density at radius 2 is 2.00 bits per heavy atom. The molecule has 0 spiro atoms. The highest BCUT2D eigenvalue weighted by molar-refractivity contribution is 5.81. The van der Waals surface area contributed by atoms with Gasteiger partial charge in [-0.25, -0.2) is 0 Å². The van der Waals surface area contributed by atoms with Gasteiger partial charge >= 0.3 is 0 Å². The molecule has 0 fully saturated rings. The number of amides is 1. The Labute approximate surface area is 140 Å². The molecule has 128 valence electrons. The smallest absolute Gasteiger partial charge is 0.237 e. The number of nitrogens with two attached hydrogens (primary N) is 1. The lowest BCUT2D eigenvalue weighted by molar-refractivity contribution is -0.124. The molecule has 1 aromatic carbocycles. The van der Waals surface area contributed by atoms with E-state index in [1.807, 2.05) is 6.92 Å². The van der Waals surface area contributed by atoms with Crippen LogP contribution < -0.4 is 11.1 Å². The third kappa shape index (κ3) is 4.33. The Morgan fingerprint density at radius 1 is 1.35 bits per heavy atom. The number of carbonyl (C=O) groups excluding carboxylic acids is 1. The van der Waals surface area contributed by atoms with Crippen molar-refractivity contribution in [2.75, 3.05) is 13.1 Å². The zero-order chi connectivity index (χ0) is 17.0. The van der Waals surface area contributed by atoms with E-state index >= 15 is 0 Å². The number of rotatable bonds is 6. The number of fused-ring (bicyclic) bond motifs is 1. The molecule has 1 heterocycles. The number of nitrogens with one attached hydrogen (secondary N) is 1. The van der Waals surface area contributed by atoms with Crippen molar-refractivity contribution in [1.82, 2.24) is 10.2 Å². The SMILES string of the molecule is CCC(C)C(N)C(=O)NCC(C)(C)N1CCc2ccccc2C1. The number of benzene rings is 1. The molecule has 1 amide bonds. The molecular formula is C19H31N3O. The van der Waals surface area contributed by atoms with Crippen LogP contribution in [0.4, 0.5) is 0 Å². The van der Waals surface area contributed by atoms with E-state index in [4.69, 9.17) is 5.73 Å². The van der Waals surface area contributed by atoms with Gasteiger partial charge in [0.1, 0.15) is 0 Å². The predicted octanol–water partition coefficient (Wildman–Crippen LogP) is 2.31. The highest BCUT2D eigenvalue weighted by Crippen LogP contribution is 2.25. The van der Waals surface area contributed by atoms with Crippen LogP contribution in [0.15, 0.2) is 24.3 Å². The molecule has 0 aliphatic carbocycles. The number of carbonyl (C=O) groups is 1. The maximum Gasteiger partial charge on any atom is 0.237 e. The summed E-state index contributed by atoms with van der Waals surface area (Å²) in [6, 6.07) is 8.21. The first-order valence-corrected chi connectivity index (χ1v) is 8.70. The molecule has 4 heteroatoms. The fourth-order valence-corrected chi connectivity index (χ4v) is 3.06. The molecule has 0 bridgehead atoms. The summed E-state index contributed by atoms with van der Waals surface area (Å²) in [5.74, 6) is 0.171. The first-order valence-electron chi connectivity index (χ1n) is 8.70. The third-order valence-corrected chi connectivity index (χ3v) is 5.24. The van der Waals surface area contributed by atoms with E-state index in [0.29, 0.717) is 6.54 Å². The van der Waals surface area contributed by atoms with Gasteiger partial charge in [-0.3, -0.25) is 9.69 Å². The number of nitrogens with zero attached hydrogens (tertiary/aromatic N) is 1. The molecular weight excluding hydrogens is 286 g/mol. The molecule has 1 aliphatic heterocycles. The van der Waals surface area contributed by atoms with E-state index in [0.717, 1.165) is 25.9 Å². The minimum atomic E-state index is -0.419. The van der Waals surface area contributed by atoms with Crippen LogP contribution in [0.3, 0.4) is 0 Å². The van der Waals surface area contributed by atoms with Gasteiger partial charge in [-0.1, -0.05) is 44.5 Å². The third-order valence-electron chi connectivity index (χ3n) is 5.24. The van der Waals surface area contributed by atoms with Crippen molar-refractivity contribution in [1.29, 1.82) is 0 Å². The van der Waals surface area contributed by atoms with E-state index in [1.165, 1.54) is 11.1 Å². The van der Waals surface area contributed by atoms with Crippen LogP contribution >= 0.6 is 0 Å². The monoisotopic (exact) mass is 317 g/mol. The Kier molecular flexibility index (Phi) is 5.82. The second-order valence-corrected chi connectivity index (χ2v) is 7.38. The molecule has 4 nitrogen and oxygen atoms in total. The summed E-state index contributed by atoms with van der Waals surface area (Å²) in [7, 11) is 0. The van der Waals surface area contributed by atoms with Gasteiger partial charge in [0.2, 0.25) is 5.91 Å². The van der Waals surface area contributed by atoms with Crippen LogP contribution in [0.25, 0.3) is 0 Å². The van der Waals surface area contributed by atoms with Gasteiger partial charge in [0, 0.05) is 25.2 Å². The fourth-order valence-electron chi connectivity index (χ4n) is 3.06. The minimum absolute atomic E-state index is 0.0372. The molecule has 0 radical (unpaired) electrons. The number of hydrogen-bond acceptors (Lipinski definition) is 3. The summed E-state index contributed by atoms with van der Waals surface area (Å²) in [6.45, 7) is 11.1. The average Bonchev–Trinajstić information content (AvgIpc) is 2.57. The molecule has 0 aromatic heterocycles. The molecule has 0 saturated carbocycles. The molecule has 23 heavy (non-hydrogen) atoms. The van der Waals surface area contributed by atoms with Crippen molar-refractivity contribution < 1.29 is 4.79 Å². The van der Waals surface area contributed by atoms with Crippen molar-refractivity contribution >= 4 is 5.91 Å². The molecule has 3 N–H and O–H groups in total. The summed E-state index contributed by atoms with van der Waals surface area (Å²) in [5, 5.41) is 3.05. The van der Waals surface area contributed by atoms with Crippen LogP contribution in [0.5, 0.6) is 0 Å². The summed E-state index contributed by atoms with van der Waals surface area (Å²) in [6.07, 6.45) is 1.99. The molecule has 2 unspecified atom stereocenters. The fraction of sp³-hybridized carbons (Fsp3) is 0.632. The van der Waals surface area contributed by atoms with Gasteiger partial charge in [0.05, 0.1) is 6.04 Å². The zero-order valence-corrected chi connectivity index (χ0v) is 14.9. The Hall–Kier alpha value is -1.39. The van der Waals surface area contributed by atoms with E-state index in [-0.39, 0.29) is 17.4 Å². The normalized spacial score (nSPS) is 18.1.